The number of carbonyl (C=O) groups excluding carboxylic acids is 1. The van der Waals surface area contributed by atoms with E-state index in [1.807, 2.05) is 0 Å². The number of carbonyl (C=O) groups is 1. The van der Waals surface area contributed by atoms with Gasteiger partial charge in [0.25, 0.3) is 0 Å². The highest BCUT2D eigenvalue weighted by molar-refractivity contribution is 7.09. The summed E-state index contributed by atoms with van der Waals surface area (Å²) < 4.78 is 37.0. The minimum atomic E-state index is -4.43. The van der Waals surface area contributed by atoms with Gasteiger partial charge in [-0.25, -0.2) is 4.98 Å². The van der Waals surface area contributed by atoms with Crippen molar-refractivity contribution in [3.8, 4) is 0 Å². The van der Waals surface area contributed by atoms with Crippen molar-refractivity contribution in [1.82, 2.24) is 15.6 Å². The molecule has 8 heteroatoms. The Labute approximate surface area is 112 Å². The van der Waals surface area contributed by atoms with Crippen molar-refractivity contribution in [2.45, 2.75) is 38.0 Å². The molecule has 4 nitrogen and oxygen atoms in total. The molecule has 1 aliphatic heterocycles. The van der Waals surface area contributed by atoms with Crippen LogP contribution < -0.4 is 10.6 Å². The van der Waals surface area contributed by atoms with Crippen molar-refractivity contribution in [1.29, 1.82) is 0 Å². The average molecular weight is 293 g/mol. The molecule has 1 fully saturated rings. The topological polar surface area (TPSA) is 54.0 Å². The van der Waals surface area contributed by atoms with Gasteiger partial charge >= 0.3 is 6.18 Å². The molecule has 0 aliphatic carbocycles. The van der Waals surface area contributed by atoms with Crippen LogP contribution in [0.15, 0.2) is 5.38 Å². The zero-order valence-corrected chi connectivity index (χ0v) is 10.9. The van der Waals surface area contributed by atoms with Crippen LogP contribution in [0.3, 0.4) is 0 Å². The Morgan fingerprint density at radius 3 is 2.89 bits per heavy atom. The summed E-state index contributed by atoms with van der Waals surface area (Å²) in [5.41, 5.74) is -0.905. The van der Waals surface area contributed by atoms with E-state index in [4.69, 9.17) is 0 Å². The Morgan fingerprint density at radius 2 is 2.32 bits per heavy atom. The molecular weight excluding hydrogens is 279 g/mol. The highest BCUT2D eigenvalue weighted by Gasteiger charge is 2.33. The molecule has 0 aromatic carbocycles. The highest BCUT2D eigenvalue weighted by Crippen LogP contribution is 2.29. The Balaban J connectivity index is 1.85. The normalized spacial score (nSPS) is 20.3. The molecule has 106 valence electrons. The lowest BCUT2D eigenvalue weighted by molar-refractivity contribution is -0.140. The fraction of sp³-hybridized carbons (Fsp3) is 0.636. The quantitative estimate of drug-likeness (QED) is 0.895. The number of hydrogen-bond donors (Lipinski definition) is 2. The molecule has 0 bridgehead atoms. The van der Waals surface area contributed by atoms with Gasteiger partial charge in [0.2, 0.25) is 5.91 Å². The van der Waals surface area contributed by atoms with E-state index in [-0.39, 0.29) is 23.5 Å². The maximum absolute atomic E-state index is 12.3. The second kappa shape index (κ2) is 5.87. The van der Waals surface area contributed by atoms with Crippen molar-refractivity contribution in [3.63, 3.8) is 0 Å². The van der Waals surface area contributed by atoms with Gasteiger partial charge in [0, 0.05) is 5.38 Å². The molecule has 2 rings (SSSR count). The summed E-state index contributed by atoms with van der Waals surface area (Å²) in [4.78, 5) is 15.2. The molecule has 2 heterocycles. The smallest absolute Gasteiger partial charge is 0.348 e. The summed E-state index contributed by atoms with van der Waals surface area (Å²) in [5, 5.41) is 6.91. The van der Waals surface area contributed by atoms with Gasteiger partial charge in [0.15, 0.2) is 5.69 Å². The van der Waals surface area contributed by atoms with Gasteiger partial charge in [0.05, 0.1) is 12.6 Å². The lowest BCUT2D eigenvalue weighted by atomic mass is 10.0. The molecule has 2 N–H and O–H groups in total. The van der Waals surface area contributed by atoms with Gasteiger partial charge in [-0.2, -0.15) is 13.2 Å². The molecule has 1 atom stereocenters. The van der Waals surface area contributed by atoms with Gasteiger partial charge in [-0.1, -0.05) is 6.42 Å². The van der Waals surface area contributed by atoms with E-state index in [2.05, 4.69) is 15.6 Å². The van der Waals surface area contributed by atoms with E-state index in [0.717, 1.165) is 42.5 Å². The zero-order chi connectivity index (χ0) is 13.9. The molecule has 0 radical (unpaired) electrons. The molecule has 1 aliphatic rings. The minimum Gasteiger partial charge on any atom is -0.348 e. The van der Waals surface area contributed by atoms with Crippen LogP contribution in [-0.2, 0) is 17.5 Å². The summed E-state index contributed by atoms with van der Waals surface area (Å²) in [6.45, 7) is 0.839. The Kier molecular flexibility index (Phi) is 4.41. The van der Waals surface area contributed by atoms with E-state index in [1.54, 1.807) is 0 Å². The lowest BCUT2D eigenvalue weighted by Crippen LogP contribution is -2.46. The second-order valence-electron chi connectivity index (χ2n) is 4.34. The van der Waals surface area contributed by atoms with Gasteiger partial charge in [-0.05, 0) is 19.4 Å². The molecule has 0 saturated carbocycles. The molecular formula is C11H14F3N3OS. The third-order valence-electron chi connectivity index (χ3n) is 2.88. The molecule has 1 unspecified atom stereocenters. The molecule has 1 amide bonds. The SMILES string of the molecule is O=C(NCc1nc(C(F)(F)F)cs1)C1CCCCN1. The maximum Gasteiger partial charge on any atom is 0.434 e. The fourth-order valence-corrected chi connectivity index (χ4v) is 2.62. The van der Waals surface area contributed by atoms with Gasteiger partial charge < -0.3 is 10.6 Å². The number of alkyl halides is 3. The highest BCUT2D eigenvalue weighted by atomic mass is 32.1. The van der Waals surface area contributed by atoms with Crippen LogP contribution in [0.4, 0.5) is 13.2 Å². The first kappa shape index (κ1) is 14.3. The Morgan fingerprint density at radius 1 is 1.53 bits per heavy atom. The number of rotatable bonds is 3. The van der Waals surface area contributed by atoms with Crippen LogP contribution >= 0.6 is 11.3 Å². The van der Waals surface area contributed by atoms with E-state index in [0.29, 0.717) is 0 Å². The molecule has 1 aromatic heterocycles. The number of amides is 1. The summed E-state index contributed by atoms with van der Waals surface area (Å²) in [7, 11) is 0. The van der Waals surface area contributed by atoms with E-state index in [1.165, 1.54) is 0 Å². The van der Waals surface area contributed by atoms with Crippen molar-refractivity contribution in [2.24, 2.45) is 0 Å². The largest absolute Gasteiger partial charge is 0.434 e. The predicted molar refractivity (Wildman–Crippen MR) is 64.6 cm³/mol. The first-order valence-electron chi connectivity index (χ1n) is 5.99. The van der Waals surface area contributed by atoms with Crippen molar-refractivity contribution >= 4 is 17.2 Å². The number of aromatic nitrogens is 1. The molecule has 19 heavy (non-hydrogen) atoms. The van der Waals surface area contributed by atoms with Crippen molar-refractivity contribution < 1.29 is 18.0 Å². The van der Waals surface area contributed by atoms with Crippen LogP contribution in [-0.4, -0.2) is 23.5 Å². The van der Waals surface area contributed by atoms with Crippen LogP contribution in [0, 0.1) is 0 Å². The average Bonchev–Trinajstić information content (AvgIpc) is 2.86. The van der Waals surface area contributed by atoms with Crippen LogP contribution in [0.25, 0.3) is 0 Å². The zero-order valence-electron chi connectivity index (χ0n) is 10.1. The molecule has 1 saturated heterocycles. The number of nitrogens with one attached hydrogen (secondary N) is 2. The van der Waals surface area contributed by atoms with Gasteiger partial charge in [-0.15, -0.1) is 11.3 Å². The third-order valence-corrected chi connectivity index (χ3v) is 3.73. The van der Waals surface area contributed by atoms with E-state index < -0.39 is 11.9 Å². The van der Waals surface area contributed by atoms with Gasteiger partial charge in [0.1, 0.15) is 5.01 Å². The maximum atomic E-state index is 12.3. The van der Waals surface area contributed by atoms with Crippen molar-refractivity contribution in [2.75, 3.05) is 6.54 Å². The number of piperidine rings is 1. The number of thiazole rings is 1. The summed E-state index contributed by atoms with van der Waals surface area (Å²) >= 11 is 0.899. The van der Waals surface area contributed by atoms with Crippen molar-refractivity contribution in [3.05, 3.63) is 16.1 Å². The number of halogens is 3. The fourth-order valence-electron chi connectivity index (χ4n) is 1.88. The van der Waals surface area contributed by atoms with Crippen LogP contribution in [0.1, 0.15) is 30.0 Å². The first-order chi connectivity index (χ1) is 8.97. The Hall–Kier alpha value is -1.15. The number of nitrogens with zero attached hydrogens (tertiary/aromatic N) is 1. The summed E-state index contributed by atoms with van der Waals surface area (Å²) in [6, 6.07) is -0.240. The monoisotopic (exact) mass is 293 g/mol. The van der Waals surface area contributed by atoms with Gasteiger partial charge in [-0.3, -0.25) is 4.79 Å². The summed E-state index contributed by atoms with van der Waals surface area (Å²) in [5.74, 6) is -0.177. The Bertz CT molecular complexity index is 441. The van der Waals surface area contributed by atoms with E-state index >= 15 is 0 Å². The summed E-state index contributed by atoms with van der Waals surface area (Å²) in [6.07, 6.45) is -1.63. The second-order valence-corrected chi connectivity index (χ2v) is 5.29. The van der Waals surface area contributed by atoms with Crippen LogP contribution in [0.2, 0.25) is 0 Å². The predicted octanol–water partition coefficient (Wildman–Crippen LogP) is 1.92. The standard InChI is InChI=1S/C11H14F3N3OS/c12-11(13,14)8-6-19-9(17-8)5-16-10(18)7-3-1-2-4-15-7/h6-7,15H,1-5H2,(H,16,18). The number of hydrogen-bond acceptors (Lipinski definition) is 4. The molecule has 0 spiro atoms. The first-order valence-corrected chi connectivity index (χ1v) is 6.87. The lowest BCUT2D eigenvalue weighted by Gasteiger charge is -2.22. The van der Waals surface area contributed by atoms with E-state index in [9.17, 15) is 18.0 Å². The molecule has 1 aromatic rings. The van der Waals surface area contributed by atoms with Crippen LogP contribution in [0.5, 0.6) is 0 Å². The minimum absolute atomic E-state index is 0.0394. The third kappa shape index (κ3) is 3.90.